The maximum Gasteiger partial charge on any atom is 0.284 e. The predicted octanol–water partition coefficient (Wildman–Crippen LogP) is 2.57. The average Bonchev–Trinajstić information content (AvgIpc) is 2.92. The van der Waals surface area contributed by atoms with Crippen molar-refractivity contribution in [2.75, 3.05) is 0 Å². The van der Waals surface area contributed by atoms with Crippen molar-refractivity contribution in [1.29, 1.82) is 0 Å². The van der Waals surface area contributed by atoms with Gasteiger partial charge >= 0.3 is 0 Å². The molecule has 20 heavy (non-hydrogen) atoms. The highest BCUT2D eigenvalue weighted by atomic mass is 79.9. The molecular formula is C12H11BrN4O3. The molecule has 1 atom stereocenters. The van der Waals surface area contributed by atoms with Crippen LogP contribution in [0.5, 0.6) is 0 Å². The Bertz CT molecular complexity index is 642. The lowest BCUT2D eigenvalue weighted by molar-refractivity contribution is -0.385. The van der Waals surface area contributed by atoms with Gasteiger partial charge in [-0.25, -0.2) is 4.98 Å². The summed E-state index contributed by atoms with van der Waals surface area (Å²) in [6, 6.07) is 3.90. The Balaban J connectivity index is 2.17. The number of nitro groups is 1. The summed E-state index contributed by atoms with van der Waals surface area (Å²) in [5, 5.41) is 13.5. The third kappa shape index (κ3) is 3.02. The number of nitrogens with one attached hydrogen (secondary N) is 2. The molecule has 2 rings (SSSR count). The first-order chi connectivity index (χ1) is 9.49. The molecule has 0 aliphatic heterocycles. The van der Waals surface area contributed by atoms with Gasteiger partial charge in [0.25, 0.3) is 11.6 Å². The second kappa shape index (κ2) is 5.83. The van der Waals surface area contributed by atoms with Gasteiger partial charge in [-0.2, -0.15) is 0 Å². The molecule has 104 valence electrons. The van der Waals surface area contributed by atoms with Gasteiger partial charge in [-0.3, -0.25) is 14.9 Å². The normalized spacial score (nSPS) is 11.9. The highest BCUT2D eigenvalue weighted by Gasteiger charge is 2.18. The summed E-state index contributed by atoms with van der Waals surface area (Å²) >= 11 is 3.07. The number of hydrogen-bond donors (Lipinski definition) is 2. The quantitative estimate of drug-likeness (QED) is 0.660. The van der Waals surface area contributed by atoms with Gasteiger partial charge in [0.05, 0.1) is 15.4 Å². The molecular weight excluding hydrogens is 328 g/mol. The lowest BCUT2D eigenvalue weighted by Crippen LogP contribution is -2.27. The van der Waals surface area contributed by atoms with E-state index in [1.807, 2.05) is 0 Å². The smallest absolute Gasteiger partial charge is 0.284 e. The summed E-state index contributed by atoms with van der Waals surface area (Å²) in [6.07, 6.45) is 3.24. The molecule has 8 heteroatoms. The maximum atomic E-state index is 12.0. The van der Waals surface area contributed by atoms with Crippen LogP contribution in [-0.4, -0.2) is 20.8 Å². The standard InChI is InChI=1S/C12H11BrN4O3/c1-7(11-14-4-5-15-11)16-12(18)8-2-3-9(13)10(6-8)17(19)20/h2-7H,1H3,(H,14,15)(H,16,18). The number of aromatic amines is 1. The van der Waals surface area contributed by atoms with E-state index in [0.717, 1.165) is 0 Å². The fraction of sp³-hybridized carbons (Fsp3) is 0.167. The molecule has 2 aromatic rings. The highest BCUT2D eigenvalue weighted by molar-refractivity contribution is 9.10. The maximum absolute atomic E-state index is 12.0. The van der Waals surface area contributed by atoms with Crippen LogP contribution in [0.1, 0.15) is 29.1 Å². The van der Waals surface area contributed by atoms with E-state index in [4.69, 9.17) is 0 Å². The summed E-state index contributed by atoms with van der Waals surface area (Å²) in [7, 11) is 0. The van der Waals surface area contributed by atoms with Crippen molar-refractivity contribution in [1.82, 2.24) is 15.3 Å². The molecule has 0 radical (unpaired) electrons. The number of aromatic nitrogens is 2. The van der Waals surface area contributed by atoms with Crippen LogP contribution in [-0.2, 0) is 0 Å². The zero-order chi connectivity index (χ0) is 14.7. The molecule has 0 spiro atoms. The second-order valence-electron chi connectivity index (χ2n) is 4.09. The topological polar surface area (TPSA) is 101 Å². The number of nitro benzene ring substituents is 1. The Kier molecular flexibility index (Phi) is 4.14. The van der Waals surface area contributed by atoms with E-state index in [2.05, 4.69) is 31.2 Å². The van der Waals surface area contributed by atoms with E-state index in [-0.39, 0.29) is 17.3 Å². The Morgan fingerprint density at radius 2 is 2.30 bits per heavy atom. The van der Waals surface area contributed by atoms with Crippen molar-refractivity contribution in [3.8, 4) is 0 Å². The van der Waals surface area contributed by atoms with Crippen LogP contribution in [0.3, 0.4) is 0 Å². The molecule has 1 aromatic heterocycles. The number of halogens is 1. The molecule has 0 fully saturated rings. The first-order valence-corrected chi connectivity index (χ1v) is 6.52. The molecule has 7 nitrogen and oxygen atoms in total. The van der Waals surface area contributed by atoms with Gasteiger partial charge in [0.2, 0.25) is 0 Å². The minimum Gasteiger partial charge on any atom is -0.347 e. The molecule has 0 aliphatic carbocycles. The molecule has 1 aromatic carbocycles. The third-order valence-corrected chi connectivity index (χ3v) is 3.35. The molecule has 0 saturated carbocycles. The number of rotatable bonds is 4. The fourth-order valence-electron chi connectivity index (χ4n) is 1.66. The lowest BCUT2D eigenvalue weighted by Gasteiger charge is -2.11. The Morgan fingerprint density at radius 1 is 1.55 bits per heavy atom. The monoisotopic (exact) mass is 338 g/mol. The lowest BCUT2D eigenvalue weighted by atomic mass is 10.1. The van der Waals surface area contributed by atoms with Gasteiger partial charge < -0.3 is 10.3 Å². The first-order valence-electron chi connectivity index (χ1n) is 5.73. The zero-order valence-electron chi connectivity index (χ0n) is 10.5. The van der Waals surface area contributed by atoms with E-state index in [0.29, 0.717) is 10.3 Å². The molecule has 2 N–H and O–H groups in total. The number of benzene rings is 1. The van der Waals surface area contributed by atoms with Crippen molar-refractivity contribution in [3.05, 3.63) is 56.6 Å². The minimum atomic E-state index is -0.545. The molecule has 1 unspecified atom stereocenters. The van der Waals surface area contributed by atoms with Crippen molar-refractivity contribution in [2.24, 2.45) is 0 Å². The number of imidazole rings is 1. The summed E-state index contributed by atoms with van der Waals surface area (Å²) in [5.41, 5.74) is 0.0709. The first kappa shape index (κ1) is 14.2. The van der Waals surface area contributed by atoms with Gasteiger partial charge in [0.1, 0.15) is 5.82 Å². The number of carbonyl (C=O) groups is 1. The number of carbonyl (C=O) groups excluding carboxylic acids is 1. The van der Waals surface area contributed by atoms with E-state index in [9.17, 15) is 14.9 Å². The Morgan fingerprint density at radius 3 is 2.90 bits per heavy atom. The van der Waals surface area contributed by atoms with Crippen LogP contribution in [0.25, 0.3) is 0 Å². The second-order valence-corrected chi connectivity index (χ2v) is 4.95. The van der Waals surface area contributed by atoms with Crippen LogP contribution >= 0.6 is 15.9 Å². The summed E-state index contributed by atoms with van der Waals surface area (Å²) in [4.78, 5) is 29.3. The number of H-pyrrole nitrogens is 1. The average molecular weight is 339 g/mol. The van der Waals surface area contributed by atoms with E-state index < -0.39 is 10.8 Å². The third-order valence-electron chi connectivity index (χ3n) is 2.68. The van der Waals surface area contributed by atoms with Gasteiger partial charge in [0.15, 0.2) is 0 Å². The minimum absolute atomic E-state index is 0.150. The van der Waals surface area contributed by atoms with Crippen LogP contribution in [0.4, 0.5) is 5.69 Å². The SMILES string of the molecule is CC(NC(=O)c1ccc(Br)c([N+](=O)[O-])c1)c1ncc[nH]1. The number of amides is 1. The van der Waals surface area contributed by atoms with Gasteiger partial charge in [-0.1, -0.05) is 0 Å². The van der Waals surface area contributed by atoms with Crippen LogP contribution in [0.2, 0.25) is 0 Å². The van der Waals surface area contributed by atoms with Gasteiger partial charge in [-0.05, 0) is 35.0 Å². The van der Waals surface area contributed by atoms with Crippen molar-refractivity contribution >= 4 is 27.5 Å². The highest BCUT2D eigenvalue weighted by Crippen LogP contribution is 2.25. The van der Waals surface area contributed by atoms with E-state index in [1.54, 1.807) is 19.3 Å². The molecule has 0 saturated heterocycles. The fourth-order valence-corrected chi connectivity index (χ4v) is 2.05. The number of hydrogen-bond acceptors (Lipinski definition) is 4. The molecule has 1 heterocycles. The van der Waals surface area contributed by atoms with E-state index in [1.165, 1.54) is 18.2 Å². The van der Waals surface area contributed by atoms with Crippen LogP contribution in [0.15, 0.2) is 35.1 Å². The van der Waals surface area contributed by atoms with Crippen LogP contribution < -0.4 is 5.32 Å². The van der Waals surface area contributed by atoms with Crippen LogP contribution in [0, 0.1) is 10.1 Å². The van der Waals surface area contributed by atoms with Gasteiger partial charge in [-0.15, -0.1) is 0 Å². The zero-order valence-corrected chi connectivity index (χ0v) is 12.0. The van der Waals surface area contributed by atoms with Crippen molar-refractivity contribution < 1.29 is 9.72 Å². The van der Waals surface area contributed by atoms with Gasteiger partial charge in [0, 0.05) is 24.0 Å². The summed E-state index contributed by atoms with van der Waals surface area (Å²) in [5.74, 6) is 0.217. The summed E-state index contributed by atoms with van der Waals surface area (Å²) < 4.78 is 0.332. The Labute approximate surface area is 122 Å². The summed E-state index contributed by atoms with van der Waals surface area (Å²) in [6.45, 7) is 1.77. The van der Waals surface area contributed by atoms with Crippen molar-refractivity contribution in [3.63, 3.8) is 0 Å². The van der Waals surface area contributed by atoms with Crippen molar-refractivity contribution in [2.45, 2.75) is 13.0 Å². The van der Waals surface area contributed by atoms with E-state index >= 15 is 0 Å². The molecule has 1 amide bonds. The number of nitrogens with zero attached hydrogens (tertiary/aromatic N) is 2. The molecule has 0 bridgehead atoms. The predicted molar refractivity (Wildman–Crippen MR) is 75.3 cm³/mol. The Hall–Kier alpha value is -2.22. The largest absolute Gasteiger partial charge is 0.347 e. The molecule has 0 aliphatic rings.